The third kappa shape index (κ3) is 4.53. The first kappa shape index (κ1) is 19.9. The van der Waals surface area contributed by atoms with Crippen LogP contribution in [0.3, 0.4) is 0 Å². The summed E-state index contributed by atoms with van der Waals surface area (Å²) in [5.41, 5.74) is 0.245. The summed E-state index contributed by atoms with van der Waals surface area (Å²) in [4.78, 5) is 11.7. The number of carboxylic acids is 1. The highest BCUT2D eigenvalue weighted by molar-refractivity contribution is 9.10. The van der Waals surface area contributed by atoms with Gasteiger partial charge in [0.2, 0.25) is 0 Å². The molecule has 9 heteroatoms. The average Bonchev–Trinajstić information content (AvgIpc) is 3.41. The quantitative estimate of drug-likeness (QED) is 0.643. The zero-order valence-corrected chi connectivity index (χ0v) is 16.4. The lowest BCUT2D eigenvalue weighted by Gasteiger charge is -2.30. The van der Waals surface area contributed by atoms with Crippen LogP contribution in [-0.2, 0) is 21.3 Å². The first-order chi connectivity index (χ1) is 12.8. The van der Waals surface area contributed by atoms with Gasteiger partial charge in [0.25, 0.3) is 0 Å². The van der Waals surface area contributed by atoms with E-state index in [1.165, 1.54) is 28.6 Å². The Hall–Kier alpha value is -1.84. The fraction of sp³-hybridized carbons (Fsp3) is 0.278. The fourth-order valence-corrected chi connectivity index (χ4v) is 4.79. The first-order valence-electron chi connectivity index (χ1n) is 8.04. The van der Waals surface area contributed by atoms with E-state index in [0.29, 0.717) is 17.7 Å². The van der Waals surface area contributed by atoms with Gasteiger partial charge in [0.05, 0.1) is 10.4 Å². The lowest BCUT2D eigenvalue weighted by Crippen LogP contribution is -2.40. The number of rotatable bonds is 8. The van der Waals surface area contributed by atoms with Crippen LogP contribution in [0.5, 0.6) is 5.75 Å². The van der Waals surface area contributed by atoms with Crippen molar-refractivity contribution in [3.63, 3.8) is 0 Å². The van der Waals surface area contributed by atoms with Gasteiger partial charge in [-0.2, -0.15) is 13.1 Å². The number of benzene rings is 2. The van der Waals surface area contributed by atoms with Crippen molar-refractivity contribution in [3.8, 4) is 5.75 Å². The number of carboxylic acid groups (broad SMARTS) is 1. The number of carbonyl (C=O) groups is 1. The van der Waals surface area contributed by atoms with Crippen LogP contribution in [0.2, 0.25) is 0 Å². The van der Waals surface area contributed by atoms with Gasteiger partial charge in [0.1, 0.15) is 23.3 Å². The molecule has 1 atom stereocenters. The second kappa shape index (κ2) is 8.04. The molecule has 0 radical (unpaired) electrons. The summed E-state index contributed by atoms with van der Waals surface area (Å²) in [6.07, 6.45) is 1.35. The molecule has 1 fully saturated rings. The molecule has 1 N–H and O–H groups in total. The molecule has 5 nitrogen and oxygen atoms in total. The molecule has 0 spiro atoms. The summed E-state index contributed by atoms with van der Waals surface area (Å²) in [6, 6.07) is 12.9. The number of halogens is 3. The second-order valence-electron chi connectivity index (χ2n) is 6.07. The number of aliphatic carboxylic acids is 1. The van der Waals surface area contributed by atoms with Gasteiger partial charge in [-0.3, -0.25) is 4.79 Å². The molecule has 3 rings (SSSR count). The highest BCUT2D eigenvalue weighted by Crippen LogP contribution is 2.52. The summed E-state index contributed by atoms with van der Waals surface area (Å²) >= 11 is 3.41. The fourth-order valence-electron chi connectivity index (χ4n) is 2.93. The number of nitrogens with zero attached hydrogens (tertiary/aromatic N) is 1. The minimum atomic E-state index is -2.95. The molecule has 1 aliphatic carbocycles. The largest absolute Gasteiger partial charge is 0.480 e. The second-order valence-corrected chi connectivity index (χ2v) is 8.40. The Morgan fingerprint density at radius 1 is 1.26 bits per heavy atom. The van der Waals surface area contributed by atoms with E-state index in [-0.39, 0.29) is 5.75 Å². The summed E-state index contributed by atoms with van der Waals surface area (Å²) in [5.74, 6) is -1.15. The molecule has 1 unspecified atom stereocenters. The SMILES string of the molecule is O=C(O)CN(S(=O)c1ccc(OC(F)F)cc1)C1(c2cccc(Br)c2)CC1. The normalized spacial score (nSPS) is 16.3. The molecule has 1 aliphatic rings. The minimum absolute atomic E-state index is 0.0522. The molecule has 0 aromatic heterocycles. The Balaban J connectivity index is 1.91. The molecule has 0 amide bonds. The van der Waals surface area contributed by atoms with Gasteiger partial charge in [-0.05, 0) is 54.8 Å². The minimum Gasteiger partial charge on any atom is -0.480 e. The van der Waals surface area contributed by atoms with Gasteiger partial charge in [-0.15, -0.1) is 0 Å². The van der Waals surface area contributed by atoms with Crippen molar-refractivity contribution in [2.24, 2.45) is 0 Å². The molecule has 2 aromatic rings. The van der Waals surface area contributed by atoms with Crippen LogP contribution >= 0.6 is 15.9 Å². The number of alkyl halides is 2. The zero-order chi connectivity index (χ0) is 19.6. The molecule has 2 aromatic carbocycles. The van der Waals surface area contributed by atoms with E-state index in [1.807, 2.05) is 24.3 Å². The molecular weight excluding hydrogens is 444 g/mol. The average molecular weight is 460 g/mol. The van der Waals surface area contributed by atoms with Crippen LogP contribution in [0.4, 0.5) is 8.78 Å². The van der Waals surface area contributed by atoms with Crippen LogP contribution in [-0.4, -0.2) is 32.7 Å². The number of hydrogen-bond donors (Lipinski definition) is 1. The van der Waals surface area contributed by atoms with Gasteiger partial charge < -0.3 is 9.84 Å². The molecule has 0 aliphatic heterocycles. The van der Waals surface area contributed by atoms with Crippen LogP contribution in [0.1, 0.15) is 18.4 Å². The number of hydrogen-bond acceptors (Lipinski definition) is 3. The van der Waals surface area contributed by atoms with E-state index >= 15 is 0 Å². The van der Waals surface area contributed by atoms with Crippen LogP contribution in [0.25, 0.3) is 0 Å². The standard InChI is InChI=1S/C18H16BrF2NO4S/c19-13-3-1-2-12(10-13)18(8-9-18)22(11-16(23)24)27(25)15-6-4-14(5-7-15)26-17(20)21/h1-7,10,17H,8-9,11H2,(H,23,24). The highest BCUT2D eigenvalue weighted by atomic mass is 79.9. The van der Waals surface area contributed by atoms with E-state index < -0.39 is 35.7 Å². The maximum atomic E-state index is 13.1. The van der Waals surface area contributed by atoms with Crippen molar-refractivity contribution >= 4 is 32.9 Å². The van der Waals surface area contributed by atoms with E-state index in [1.54, 1.807) is 0 Å². The predicted octanol–water partition coefficient (Wildman–Crippen LogP) is 4.15. The van der Waals surface area contributed by atoms with E-state index in [9.17, 15) is 22.9 Å². The monoisotopic (exact) mass is 459 g/mol. The molecule has 0 heterocycles. The maximum Gasteiger partial charge on any atom is 0.387 e. The third-order valence-electron chi connectivity index (χ3n) is 4.29. The smallest absolute Gasteiger partial charge is 0.387 e. The molecule has 144 valence electrons. The van der Waals surface area contributed by atoms with Crippen molar-refractivity contribution in [1.82, 2.24) is 4.31 Å². The van der Waals surface area contributed by atoms with Gasteiger partial charge in [-0.1, -0.05) is 28.1 Å². The van der Waals surface area contributed by atoms with Gasteiger partial charge >= 0.3 is 12.6 Å². The van der Waals surface area contributed by atoms with Crippen molar-refractivity contribution in [3.05, 3.63) is 58.6 Å². The van der Waals surface area contributed by atoms with Crippen LogP contribution in [0, 0.1) is 0 Å². The highest BCUT2D eigenvalue weighted by Gasteiger charge is 2.52. The van der Waals surface area contributed by atoms with Crippen molar-refractivity contribution in [2.75, 3.05) is 6.54 Å². The maximum absolute atomic E-state index is 13.1. The van der Waals surface area contributed by atoms with Gasteiger partial charge in [0.15, 0.2) is 0 Å². The Kier molecular flexibility index (Phi) is 5.92. The molecular formula is C18H16BrF2NO4S. The molecule has 0 saturated heterocycles. The Morgan fingerprint density at radius 2 is 1.93 bits per heavy atom. The molecule has 1 saturated carbocycles. The summed E-state index contributed by atoms with van der Waals surface area (Å²) in [7, 11) is -1.78. The summed E-state index contributed by atoms with van der Waals surface area (Å²) < 4.78 is 44.3. The van der Waals surface area contributed by atoms with Crippen molar-refractivity contribution < 1.29 is 27.6 Å². The van der Waals surface area contributed by atoms with E-state index in [0.717, 1.165) is 10.0 Å². The van der Waals surface area contributed by atoms with Crippen molar-refractivity contribution in [1.29, 1.82) is 0 Å². The molecule has 27 heavy (non-hydrogen) atoms. The lowest BCUT2D eigenvalue weighted by molar-refractivity contribution is -0.137. The zero-order valence-electron chi connectivity index (χ0n) is 14.0. The van der Waals surface area contributed by atoms with Crippen LogP contribution < -0.4 is 4.74 Å². The van der Waals surface area contributed by atoms with Gasteiger partial charge in [0, 0.05) is 4.47 Å². The van der Waals surface area contributed by atoms with E-state index in [4.69, 9.17) is 0 Å². The molecule has 0 bridgehead atoms. The van der Waals surface area contributed by atoms with Gasteiger partial charge in [-0.25, -0.2) is 4.21 Å². The Morgan fingerprint density at radius 3 is 2.44 bits per heavy atom. The topological polar surface area (TPSA) is 66.8 Å². The lowest BCUT2D eigenvalue weighted by atomic mass is 10.1. The summed E-state index contributed by atoms with van der Waals surface area (Å²) in [6.45, 7) is -3.36. The van der Waals surface area contributed by atoms with E-state index in [2.05, 4.69) is 20.7 Å². The Bertz CT molecular complexity index is 859. The Labute approximate surface area is 165 Å². The summed E-state index contributed by atoms with van der Waals surface area (Å²) in [5, 5.41) is 9.33. The van der Waals surface area contributed by atoms with Crippen LogP contribution in [0.15, 0.2) is 57.9 Å². The van der Waals surface area contributed by atoms with Crippen molar-refractivity contribution in [2.45, 2.75) is 29.9 Å². The third-order valence-corrected chi connectivity index (χ3v) is 6.34. The predicted molar refractivity (Wildman–Crippen MR) is 98.9 cm³/mol. The number of ether oxygens (including phenoxy) is 1. The first-order valence-corrected chi connectivity index (χ1v) is 9.94.